The van der Waals surface area contributed by atoms with E-state index in [9.17, 15) is 9.90 Å². The van der Waals surface area contributed by atoms with Gasteiger partial charge in [0, 0.05) is 24.6 Å². The molecule has 0 fully saturated rings. The second-order valence-corrected chi connectivity index (χ2v) is 6.32. The van der Waals surface area contributed by atoms with Gasteiger partial charge in [0.2, 0.25) is 0 Å². The Hall–Kier alpha value is -2.82. The lowest BCUT2D eigenvalue weighted by Crippen LogP contribution is -2.15. The Morgan fingerprint density at radius 2 is 2.08 bits per heavy atom. The topological polar surface area (TPSA) is 64.3 Å². The van der Waals surface area contributed by atoms with E-state index in [2.05, 4.69) is 6.92 Å². The molecule has 128 valence electrons. The number of ether oxygens (including phenoxy) is 1. The minimum absolute atomic E-state index is 0.346. The van der Waals surface area contributed by atoms with Crippen LogP contribution in [0.5, 0.6) is 5.75 Å². The summed E-state index contributed by atoms with van der Waals surface area (Å²) < 4.78 is 7.89. The zero-order valence-corrected chi connectivity index (χ0v) is 14.4. The molecule has 4 rings (SSSR count). The molecule has 25 heavy (non-hydrogen) atoms. The maximum atomic E-state index is 12.2. The molecule has 0 atom stereocenters. The molecule has 1 aliphatic rings. The molecule has 1 aromatic heterocycles. The first kappa shape index (κ1) is 15.7. The molecular formula is C20H20N2O3. The Morgan fingerprint density at radius 3 is 2.76 bits per heavy atom. The van der Waals surface area contributed by atoms with Crippen molar-refractivity contribution in [2.24, 2.45) is 7.05 Å². The Balaban J connectivity index is 2.22. The minimum atomic E-state index is -0.915. The monoisotopic (exact) mass is 336 g/mol. The number of imidazole rings is 1. The third-order valence-corrected chi connectivity index (χ3v) is 4.88. The molecule has 0 aliphatic carbocycles. The zero-order valence-electron chi connectivity index (χ0n) is 14.4. The number of hydrogen-bond donors (Lipinski definition) is 1. The van der Waals surface area contributed by atoms with Gasteiger partial charge in [0.05, 0.1) is 17.7 Å². The number of carbonyl (C=O) groups is 1. The normalized spacial score (nSPS) is 13.5. The molecule has 2 aromatic carbocycles. The van der Waals surface area contributed by atoms with E-state index >= 15 is 0 Å². The van der Waals surface area contributed by atoms with E-state index in [1.807, 2.05) is 41.9 Å². The Kier molecular flexibility index (Phi) is 3.71. The van der Waals surface area contributed by atoms with E-state index in [1.165, 1.54) is 0 Å². The number of fused-ring (bicyclic) bond motifs is 3. The Morgan fingerprint density at radius 1 is 1.32 bits per heavy atom. The summed E-state index contributed by atoms with van der Waals surface area (Å²) in [6.45, 7) is 2.65. The lowest BCUT2D eigenvalue weighted by atomic mass is 9.90. The lowest BCUT2D eigenvalue weighted by molar-refractivity contribution is 0.0695. The fraction of sp³-hybridized carbons (Fsp3) is 0.300. The van der Waals surface area contributed by atoms with Crippen LogP contribution in [0.15, 0.2) is 30.3 Å². The van der Waals surface area contributed by atoms with Crippen molar-refractivity contribution in [2.75, 3.05) is 6.61 Å². The van der Waals surface area contributed by atoms with Gasteiger partial charge in [-0.1, -0.05) is 37.3 Å². The van der Waals surface area contributed by atoms with Crippen LogP contribution < -0.4 is 4.74 Å². The van der Waals surface area contributed by atoms with Gasteiger partial charge in [-0.2, -0.15) is 0 Å². The molecule has 1 aliphatic heterocycles. The highest BCUT2D eigenvalue weighted by Crippen LogP contribution is 2.43. The molecule has 0 amide bonds. The van der Waals surface area contributed by atoms with E-state index in [-0.39, 0.29) is 0 Å². The molecular weight excluding hydrogens is 316 g/mol. The first-order chi connectivity index (χ1) is 12.1. The number of nitrogens with zero attached hydrogens (tertiary/aromatic N) is 2. The van der Waals surface area contributed by atoms with Crippen molar-refractivity contribution in [3.63, 3.8) is 0 Å². The van der Waals surface area contributed by atoms with Crippen molar-refractivity contribution in [1.29, 1.82) is 0 Å². The number of hydrogen-bond acceptors (Lipinski definition) is 3. The van der Waals surface area contributed by atoms with Gasteiger partial charge in [-0.3, -0.25) is 0 Å². The van der Waals surface area contributed by atoms with Crippen LogP contribution in [0.3, 0.4) is 0 Å². The molecule has 0 unspecified atom stereocenters. The first-order valence-electron chi connectivity index (χ1n) is 8.59. The molecule has 3 aromatic rings. The average Bonchev–Trinajstić information content (AvgIpc) is 2.98. The number of aromatic carboxylic acids is 1. The fourth-order valence-electron chi connectivity index (χ4n) is 3.77. The van der Waals surface area contributed by atoms with Crippen LogP contribution in [0.1, 0.15) is 35.1 Å². The highest BCUT2D eigenvalue weighted by atomic mass is 16.5. The van der Waals surface area contributed by atoms with Gasteiger partial charge in [-0.25, -0.2) is 9.78 Å². The van der Waals surface area contributed by atoms with E-state index in [0.717, 1.165) is 46.4 Å². The van der Waals surface area contributed by atoms with Gasteiger partial charge in [0.1, 0.15) is 11.3 Å². The minimum Gasteiger partial charge on any atom is -0.491 e. The van der Waals surface area contributed by atoms with Crippen LogP contribution in [-0.2, 0) is 19.9 Å². The second kappa shape index (κ2) is 5.92. The number of aromatic nitrogens is 2. The number of carboxylic acids is 1. The molecule has 0 spiro atoms. The van der Waals surface area contributed by atoms with Crippen LogP contribution in [0.25, 0.3) is 22.2 Å². The molecule has 0 saturated heterocycles. The van der Waals surface area contributed by atoms with Gasteiger partial charge in [-0.15, -0.1) is 0 Å². The number of benzene rings is 2. The average molecular weight is 336 g/mol. The zero-order chi connectivity index (χ0) is 17.6. The van der Waals surface area contributed by atoms with Crippen molar-refractivity contribution in [3.8, 4) is 16.9 Å². The molecule has 0 bridgehead atoms. The van der Waals surface area contributed by atoms with E-state index < -0.39 is 5.97 Å². The first-order valence-corrected chi connectivity index (χ1v) is 8.59. The lowest BCUT2D eigenvalue weighted by Gasteiger charge is -2.22. The summed E-state index contributed by atoms with van der Waals surface area (Å²) in [6, 6.07) is 9.70. The molecule has 0 radical (unpaired) electrons. The van der Waals surface area contributed by atoms with Crippen molar-refractivity contribution < 1.29 is 14.6 Å². The smallest absolute Gasteiger partial charge is 0.336 e. The molecule has 5 heteroatoms. The van der Waals surface area contributed by atoms with Crippen molar-refractivity contribution in [2.45, 2.75) is 26.2 Å². The standard InChI is InChI=1S/C20H20N2O3/c1-3-14-21-17-18(22(14)2)15(12-8-5-4-6-9-12)16(20(23)24)13-10-7-11-25-19(13)17/h4-6,8-9H,3,7,10-11H2,1-2H3,(H,23,24). The maximum absolute atomic E-state index is 12.2. The summed E-state index contributed by atoms with van der Waals surface area (Å²) in [4.78, 5) is 17.0. The van der Waals surface area contributed by atoms with Crippen LogP contribution in [-0.4, -0.2) is 27.2 Å². The molecule has 5 nitrogen and oxygen atoms in total. The van der Waals surface area contributed by atoms with Crippen molar-refractivity contribution in [1.82, 2.24) is 9.55 Å². The van der Waals surface area contributed by atoms with E-state index in [0.29, 0.717) is 24.3 Å². The van der Waals surface area contributed by atoms with Crippen LogP contribution in [0, 0.1) is 0 Å². The largest absolute Gasteiger partial charge is 0.491 e. The molecule has 1 N–H and O–H groups in total. The highest BCUT2D eigenvalue weighted by molar-refractivity contribution is 6.09. The van der Waals surface area contributed by atoms with Crippen LogP contribution >= 0.6 is 0 Å². The summed E-state index contributed by atoms with van der Waals surface area (Å²) in [7, 11) is 1.95. The number of aryl methyl sites for hydroxylation is 2. The SMILES string of the molecule is CCc1nc2c3c(c(C(=O)O)c(-c4ccccc4)c2n1C)CCCO3. The summed E-state index contributed by atoms with van der Waals surface area (Å²) in [6.07, 6.45) is 2.29. The van der Waals surface area contributed by atoms with Gasteiger partial charge in [0.25, 0.3) is 0 Å². The van der Waals surface area contributed by atoms with Crippen molar-refractivity contribution in [3.05, 3.63) is 47.3 Å². The summed E-state index contributed by atoms with van der Waals surface area (Å²) in [5.74, 6) is 0.654. The predicted octanol–water partition coefficient (Wildman–Crippen LogP) is 3.83. The summed E-state index contributed by atoms with van der Waals surface area (Å²) in [5.41, 5.74) is 4.36. The Bertz CT molecular complexity index is 974. The third kappa shape index (κ3) is 2.30. The highest BCUT2D eigenvalue weighted by Gasteiger charge is 2.30. The second-order valence-electron chi connectivity index (χ2n) is 6.32. The van der Waals surface area contributed by atoms with Crippen molar-refractivity contribution >= 4 is 17.0 Å². The summed E-state index contributed by atoms with van der Waals surface area (Å²) in [5, 5.41) is 10.0. The molecule has 0 saturated carbocycles. The van der Waals surface area contributed by atoms with Gasteiger partial charge >= 0.3 is 5.97 Å². The fourth-order valence-corrected chi connectivity index (χ4v) is 3.77. The summed E-state index contributed by atoms with van der Waals surface area (Å²) >= 11 is 0. The van der Waals surface area contributed by atoms with Gasteiger partial charge in [-0.05, 0) is 18.4 Å². The number of carboxylic acid groups (broad SMARTS) is 1. The maximum Gasteiger partial charge on any atom is 0.336 e. The number of rotatable bonds is 3. The third-order valence-electron chi connectivity index (χ3n) is 4.88. The van der Waals surface area contributed by atoms with Crippen LogP contribution in [0.4, 0.5) is 0 Å². The quantitative estimate of drug-likeness (QED) is 0.789. The van der Waals surface area contributed by atoms with E-state index in [1.54, 1.807) is 0 Å². The Labute approximate surface area is 145 Å². The van der Waals surface area contributed by atoms with Gasteiger partial charge < -0.3 is 14.4 Å². The predicted molar refractivity (Wildman–Crippen MR) is 96.3 cm³/mol. The van der Waals surface area contributed by atoms with Crippen LogP contribution in [0.2, 0.25) is 0 Å². The molecule has 2 heterocycles. The van der Waals surface area contributed by atoms with Gasteiger partial charge in [0.15, 0.2) is 5.75 Å². The van der Waals surface area contributed by atoms with E-state index in [4.69, 9.17) is 9.72 Å².